The minimum atomic E-state index is -0.451. The Morgan fingerprint density at radius 2 is 1.77 bits per heavy atom. The second-order valence-electron chi connectivity index (χ2n) is 7.87. The van der Waals surface area contributed by atoms with E-state index >= 15 is 0 Å². The molecule has 2 aromatic carbocycles. The fourth-order valence-corrected chi connectivity index (χ4v) is 3.56. The first-order chi connectivity index (χ1) is 17.0. The summed E-state index contributed by atoms with van der Waals surface area (Å²) in [6.07, 6.45) is 3.21. The van der Waals surface area contributed by atoms with Gasteiger partial charge in [-0.1, -0.05) is 24.8 Å². The Hall–Kier alpha value is -4.52. The molecule has 0 fully saturated rings. The number of furan rings is 1. The van der Waals surface area contributed by atoms with Crippen LogP contribution in [0.15, 0.2) is 95.0 Å². The Morgan fingerprint density at radius 1 is 1.00 bits per heavy atom. The fraction of sp³-hybridized carbons (Fsp3) is 0.143. The Morgan fingerprint density at radius 3 is 2.51 bits per heavy atom. The quantitative estimate of drug-likeness (QED) is 0.186. The third kappa shape index (κ3) is 6.09. The molecule has 4 rings (SSSR count). The van der Waals surface area contributed by atoms with Crippen molar-refractivity contribution in [1.29, 1.82) is 0 Å². The number of carbonyl (C=O) groups is 1. The van der Waals surface area contributed by atoms with E-state index in [4.69, 9.17) is 13.9 Å². The van der Waals surface area contributed by atoms with Gasteiger partial charge >= 0.3 is 5.91 Å². The van der Waals surface area contributed by atoms with Crippen LogP contribution in [0.25, 0.3) is 5.69 Å². The Bertz CT molecular complexity index is 1310. The van der Waals surface area contributed by atoms with Crippen LogP contribution in [0.1, 0.15) is 33.3 Å². The van der Waals surface area contributed by atoms with Crippen LogP contribution in [0.2, 0.25) is 0 Å². The van der Waals surface area contributed by atoms with Crippen LogP contribution in [-0.2, 0) is 6.61 Å². The average Bonchev–Trinajstić information content (AvgIpc) is 3.48. The number of hydrogen-bond donors (Lipinski definition) is 1. The summed E-state index contributed by atoms with van der Waals surface area (Å²) < 4.78 is 19.1. The van der Waals surface area contributed by atoms with Gasteiger partial charge in [0.25, 0.3) is 0 Å². The maximum absolute atomic E-state index is 12.3. The molecule has 178 valence electrons. The molecule has 2 aromatic heterocycles. The summed E-state index contributed by atoms with van der Waals surface area (Å²) in [6.45, 7) is 8.40. The number of ether oxygens (including phenoxy) is 2. The van der Waals surface area contributed by atoms with Crippen molar-refractivity contribution in [1.82, 2.24) is 9.99 Å². The predicted molar refractivity (Wildman–Crippen MR) is 135 cm³/mol. The predicted octanol–water partition coefficient (Wildman–Crippen LogP) is 5.59. The normalized spacial score (nSPS) is 10.9. The molecule has 1 amide bonds. The van der Waals surface area contributed by atoms with E-state index in [0.29, 0.717) is 23.9 Å². The van der Waals surface area contributed by atoms with E-state index in [1.807, 2.05) is 48.5 Å². The zero-order chi connectivity index (χ0) is 24.6. The Labute approximate surface area is 204 Å². The maximum Gasteiger partial charge on any atom is 0.307 e. The molecule has 7 nitrogen and oxygen atoms in total. The number of carbonyl (C=O) groups excluding carboxylic acids is 1. The van der Waals surface area contributed by atoms with Crippen molar-refractivity contribution >= 4 is 12.1 Å². The third-order valence-electron chi connectivity index (χ3n) is 5.24. The number of benzene rings is 2. The summed E-state index contributed by atoms with van der Waals surface area (Å²) in [5.41, 5.74) is 6.67. The van der Waals surface area contributed by atoms with Gasteiger partial charge in [-0.2, -0.15) is 5.10 Å². The van der Waals surface area contributed by atoms with Crippen LogP contribution < -0.4 is 14.9 Å². The number of nitrogens with one attached hydrogen (secondary N) is 1. The second kappa shape index (κ2) is 11.1. The van der Waals surface area contributed by atoms with Crippen molar-refractivity contribution in [2.45, 2.75) is 20.5 Å². The average molecular weight is 470 g/mol. The van der Waals surface area contributed by atoms with Crippen LogP contribution in [0.4, 0.5) is 0 Å². The Kier molecular flexibility index (Phi) is 7.47. The number of aryl methyl sites for hydroxylation is 2. The lowest BCUT2D eigenvalue weighted by Gasteiger charge is -2.10. The summed E-state index contributed by atoms with van der Waals surface area (Å²) >= 11 is 0. The summed E-state index contributed by atoms with van der Waals surface area (Å²) in [4.78, 5) is 12.3. The van der Waals surface area contributed by atoms with E-state index in [0.717, 1.165) is 11.3 Å². The minimum Gasteiger partial charge on any atom is -0.490 e. The van der Waals surface area contributed by atoms with Gasteiger partial charge in [-0.25, -0.2) is 5.43 Å². The van der Waals surface area contributed by atoms with E-state index in [-0.39, 0.29) is 12.4 Å². The lowest BCUT2D eigenvalue weighted by molar-refractivity contribution is 0.0923. The monoisotopic (exact) mass is 469 g/mol. The second-order valence-corrected chi connectivity index (χ2v) is 7.87. The molecule has 1 N–H and O–H groups in total. The third-order valence-corrected chi connectivity index (χ3v) is 5.24. The van der Waals surface area contributed by atoms with E-state index in [1.54, 1.807) is 18.2 Å². The molecule has 7 heteroatoms. The zero-order valence-corrected chi connectivity index (χ0v) is 19.7. The van der Waals surface area contributed by atoms with Crippen molar-refractivity contribution in [2.75, 3.05) is 6.61 Å². The van der Waals surface area contributed by atoms with Crippen molar-refractivity contribution < 1.29 is 18.7 Å². The SMILES string of the molecule is C=CCOc1cccc(C=NNC(=O)c2ccc(COc3ccc(-n4c(C)ccc4C)cc3)o2)c1. The molecule has 0 unspecified atom stereocenters. The summed E-state index contributed by atoms with van der Waals surface area (Å²) in [5.74, 6) is 1.64. The number of rotatable bonds is 10. The Balaban J connectivity index is 1.29. The molecule has 0 spiro atoms. The molecular weight excluding hydrogens is 442 g/mol. The highest BCUT2D eigenvalue weighted by atomic mass is 16.5. The number of amides is 1. The highest BCUT2D eigenvalue weighted by molar-refractivity contribution is 5.92. The summed E-state index contributed by atoms with van der Waals surface area (Å²) in [7, 11) is 0. The molecule has 0 bridgehead atoms. The molecule has 2 heterocycles. The molecule has 0 radical (unpaired) electrons. The molecule has 0 atom stereocenters. The van der Waals surface area contributed by atoms with Crippen molar-refractivity contribution in [3.63, 3.8) is 0 Å². The van der Waals surface area contributed by atoms with Gasteiger partial charge in [-0.15, -0.1) is 0 Å². The van der Waals surface area contributed by atoms with Crippen molar-refractivity contribution in [3.8, 4) is 17.2 Å². The molecule has 0 saturated carbocycles. The van der Waals surface area contributed by atoms with Gasteiger partial charge in [0.1, 0.15) is 30.5 Å². The van der Waals surface area contributed by atoms with Crippen LogP contribution in [0.5, 0.6) is 11.5 Å². The standard InChI is InChI=1S/C28H27N3O4/c1-4-16-33-25-7-5-6-22(17-25)18-29-30-28(32)27-15-14-26(35-27)19-34-24-12-10-23(11-13-24)31-20(2)8-9-21(31)3/h4-15,17-18H,1,16,19H2,2-3H3,(H,30,32). The smallest absolute Gasteiger partial charge is 0.307 e. The zero-order valence-electron chi connectivity index (χ0n) is 19.7. The molecular formula is C28H27N3O4. The van der Waals surface area contributed by atoms with Crippen molar-refractivity contribution in [3.05, 3.63) is 114 Å². The van der Waals surface area contributed by atoms with Crippen LogP contribution in [0.3, 0.4) is 0 Å². The van der Waals surface area contributed by atoms with Gasteiger partial charge in [0.15, 0.2) is 5.76 Å². The van der Waals surface area contributed by atoms with Gasteiger partial charge in [-0.05, 0) is 80.1 Å². The molecule has 0 aliphatic rings. The topological polar surface area (TPSA) is 78.0 Å². The van der Waals surface area contributed by atoms with E-state index in [2.05, 4.69) is 47.7 Å². The first-order valence-electron chi connectivity index (χ1n) is 11.2. The minimum absolute atomic E-state index is 0.151. The summed E-state index contributed by atoms with van der Waals surface area (Å²) in [5, 5.41) is 3.99. The largest absolute Gasteiger partial charge is 0.490 e. The van der Waals surface area contributed by atoms with Crippen LogP contribution >= 0.6 is 0 Å². The first kappa shape index (κ1) is 23.6. The van der Waals surface area contributed by atoms with Gasteiger partial charge in [0.05, 0.1) is 6.21 Å². The number of nitrogens with zero attached hydrogens (tertiary/aromatic N) is 2. The highest BCUT2D eigenvalue weighted by Crippen LogP contribution is 2.21. The molecule has 0 saturated heterocycles. The van der Waals surface area contributed by atoms with E-state index in [1.165, 1.54) is 17.6 Å². The molecule has 35 heavy (non-hydrogen) atoms. The highest BCUT2D eigenvalue weighted by Gasteiger charge is 2.11. The molecule has 0 aliphatic carbocycles. The number of aromatic nitrogens is 1. The van der Waals surface area contributed by atoms with Gasteiger partial charge in [0, 0.05) is 17.1 Å². The molecule has 4 aromatic rings. The first-order valence-corrected chi connectivity index (χ1v) is 11.2. The van der Waals surface area contributed by atoms with Crippen LogP contribution in [0, 0.1) is 13.8 Å². The number of hydrogen-bond acceptors (Lipinski definition) is 5. The fourth-order valence-electron chi connectivity index (χ4n) is 3.56. The van der Waals surface area contributed by atoms with E-state index in [9.17, 15) is 4.79 Å². The van der Waals surface area contributed by atoms with Gasteiger partial charge in [0.2, 0.25) is 0 Å². The van der Waals surface area contributed by atoms with Gasteiger partial charge in [-0.3, -0.25) is 4.79 Å². The number of hydrazone groups is 1. The molecule has 0 aliphatic heterocycles. The van der Waals surface area contributed by atoms with Crippen LogP contribution in [-0.4, -0.2) is 23.3 Å². The maximum atomic E-state index is 12.3. The van der Waals surface area contributed by atoms with E-state index < -0.39 is 5.91 Å². The van der Waals surface area contributed by atoms with Crippen molar-refractivity contribution in [2.24, 2.45) is 5.10 Å². The lowest BCUT2D eigenvalue weighted by atomic mass is 10.2. The summed E-state index contributed by atoms with van der Waals surface area (Å²) in [6, 6.07) is 22.7. The van der Waals surface area contributed by atoms with Gasteiger partial charge < -0.3 is 18.5 Å². The lowest BCUT2D eigenvalue weighted by Crippen LogP contribution is -2.16.